The van der Waals surface area contributed by atoms with Crippen LogP contribution in [0.4, 0.5) is 14.5 Å². The maximum Gasteiger partial charge on any atom is 0.263 e. The molecule has 0 spiro atoms. The number of carbonyl (C=O) groups excluding carboxylic acids is 2. The maximum absolute atomic E-state index is 13.9. The van der Waals surface area contributed by atoms with E-state index in [4.69, 9.17) is 4.74 Å². The minimum atomic E-state index is -0.938. The Morgan fingerprint density at radius 1 is 1.09 bits per heavy atom. The van der Waals surface area contributed by atoms with Gasteiger partial charge in [0, 0.05) is 30.4 Å². The number of amides is 2. The van der Waals surface area contributed by atoms with Gasteiger partial charge in [-0.2, -0.15) is 0 Å². The van der Waals surface area contributed by atoms with Gasteiger partial charge >= 0.3 is 0 Å². The van der Waals surface area contributed by atoms with Crippen LogP contribution in [-0.2, 0) is 17.8 Å². The highest BCUT2D eigenvalue weighted by Gasteiger charge is 2.28. The summed E-state index contributed by atoms with van der Waals surface area (Å²) in [7, 11) is 0. The van der Waals surface area contributed by atoms with Crippen molar-refractivity contribution in [2.24, 2.45) is 0 Å². The fourth-order valence-electron chi connectivity index (χ4n) is 3.65. The lowest BCUT2D eigenvalue weighted by Crippen LogP contribution is -2.39. The van der Waals surface area contributed by atoms with Crippen LogP contribution < -0.4 is 10.1 Å². The third-order valence-corrected chi connectivity index (χ3v) is 5.33. The highest BCUT2D eigenvalue weighted by Crippen LogP contribution is 2.29. The highest BCUT2D eigenvalue weighted by atomic mass is 19.1. The summed E-state index contributed by atoms with van der Waals surface area (Å²) in [6.07, 6.45) is 0.0651. The fraction of sp³-hybridized carbons (Fsp3) is 0.200. The van der Waals surface area contributed by atoms with Gasteiger partial charge in [-0.1, -0.05) is 30.3 Å². The Morgan fingerprint density at radius 2 is 1.88 bits per heavy atom. The standard InChI is InChI=1S/C25H22F2N2O3/c1-16-25(31)29(12-11-17-5-3-2-4-6-17)15-18-13-20(8-10-23(18)32-16)28-24(30)21-9-7-19(26)14-22(21)27/h2-10,13-14,16H,11-12,15H2,1H3,(H,28,30)/t16-/m1/s1. The summed E-state index contributed by atoms with van der Waals surface area (Å²) in [6, 6.07) is 17.7. The Balaban J connectivity index is 1.52. The molecule has 0 bridgehead atoms. The second-order valence-electron chi connectivity index (χ2n) is 7.66. The quantitative estimate of drug-likeness (QED) is 0.638. The summed E-state index contributed by atoms with van der Waals surface area (Å²) in [4.78, 5) is 27.0. The van der Waals surface area contributed by atoms with Gasteiger partial charge in [0.05, 0.1) is 5.56 Å². The van der Waals surface area contributed by atoms with Gasteiger partial charge in [0.15, 0.2) is 6.10 Å². The minimum absolute atomic E-state index is 0.115. The van der Waals surface area contributed by atoms with Crippen molar-refractivity contribution in [3.05, 3.63) is 95.1 Å². The number of fused-ring (bicyclic) bond motifs is 1. The van der Waals surface area contributed by atoms with Gasteiger partial charge < -0.3 is 15.0 Å². The number of ether oxygens (including phenoxy) is 1. The number of rotatable bonds is 5. The molecule has 3 aromatic rings. The Labute approximate surface area is 184 Å². The SMILES string of the molecule is C[C@H]1Oc2ccc(NC(=O)c3ccc(F)cc3F)cc2CN(CCc2ccccc2)C1=O. The lowest BCUT2D eigenvalue weighted by molar-refractivity contribution is -0.137. The van der Waals surface area contributed by atoms with E-state index in [2.05, 4.69) is 5.32 Å². The summed E-state index contributed by atoms with van der Waals surface area (Å²) in [5, 5.41) is 2.62. The fourth-order valence-corrected chi connectivity index (χ4v) is 3.65. The number of hydrogen-bond acceptors (Lipinski definition) is 3. The molecule has 0 unspecified atom stereocenters. The molecular weight excluding hydrogens is 414 g/mol. The largest absolute Gasteiger partial charge is 0.481 e. The van der Waals surface area contributed by atoms with Crippen LogP contribution in [0.15, 0.2) is 66.7 Å². The van der Waals surface area contributed by atoms with E-state index in [-0.39, 0.29) is 11.5 Å². The molecule has 3 aromatic carbocycles. The number of benzene rings is 3. The number of nitrogens with one attached hydrogen (secondary N) is 1. The molecule has 2 amide bonds. The second kappa shape index (κ2) is 9.18. The van der Waals surface area contributed by atoms with Crippen LogP contribution in [0.5, 0.6) is 5.75 Å². The normalized spacial score (nSPS) is 15.5. The molecular formula is C25H22F2N2O3. The van der Waals surface area contributed by atoms with Gasteiger partial charge in [-0.15, -0.1) is 0 Å². The molecule has 0 saturated carbocycles. The van der Waals surface area contributed by atoms with Crippen molar-refractivity contribution in [3.8, 4) is 5.75 Å². The predicted molar refractivity (Wildman–Crippen MR) is 116 cm³/mol. The molecule has 0 aliphatic carbocycles. The average molecular weight is 436 g/mol. The summed E-state index contributed by atoms with van der Waals surface area (Å²) in [5.41, 5.74) is 2.02. The molecule has 1 aliphatic heterocycles. The Kier molecular flexibility index (Phi) is 6.16. The monoisotopic (exact) mass is 436 g/mol. The van der Waals surface area contributed by atoms with E-state index in [9.17, 15) is 18.4 Å². The van der Waals surface area contributed by atoms with Crippen LogP contribution in [0.2, 0.25) is 0 Å². The minimum Gasteiger partial charge on any atom is -0.481 e. The van der Waals surface area contributed by atoms with Crippen LogP contribution in [0.1, 0.15) is 28.4 Å². The zero-order valence-electron chi connectivity index (χ0n) is 17.5. The molecule has 0 aromatic heterocycles. The molecule has 0 radical (unpaired) electrons. The van der Waals surface area contributed by atoms with Crippen molar-refractivity contribution in [3.63, 3.8) is 0 Å². The summed E-state index contributed by atoms with van der Waals surface area (Å²) < 4.78 is 32.9. The molecule has 0 saturated heterocycles. The van der Waals surface area contributed by atoms with E-state index >= 15 is 0 Å². The van der Waals surface area contributed by atoms with E-state index in [1.807, 2.05) is 30.3 Å². The lowest BCUT2D eigenvalue weighted by atomic mass is 10.1. The van der Waals surface area contributed by atoms with E-state index in [0.29, 0.717) is 37.0 Å². The molecule has 1 N–H and O–H groups in total. The van der Waals surface area contributed by atoms with E-state index in [1.54, 1.807) is 30.0 Å². The van der Waals surface area contributed by atoms with Gasteiger partial charge in [0.25, 0.3) is 11.8 Å². The number of anilines is 1. The topological polar surface area (TPSA) is 58.6 Å². The van der Waals surface area contributed by atoms with Crippen LogP contribution in [0, 0.1) is 11.6 Å². The van der Waals surface area contributed by atoms with Crippen molar-refractivity contribution < 1.29 is 23.1 Å². The van der Waals surface area contributed by atoms with Crippen LogP contribution in [0.3, 0.4) is 0 Å². The Morgan fingerprint density at radius 3 is 2.62 bits per heavy atom. The molecule has 5 nitrogen and oxygen atoms in total. The number of carbonyl (C=O) groups is 2. The summed E-state index contributed by atoms with van der Waals surface area (Å²) >= 11 is 0. The molecule has 4 rings (SSSR count). The van der Waals surface area contributed by atoms with Crippen molar-refractivity contribution in [2.75, 3.05) is 11.9 Å². The number of halogens is 2. The zero-order valence-corrected chi connectivity index (χ0v) is 17.5. The van der Waals surface area contributed by atoms with E-state index < -0.39 is 23.6 Å². The van der Waals surface area contributed by atoms with Crippen LogP contribution in [-0.4, -0.2) is 29.4 Å². The van der Waals surface area contributed by atoms with Gasteiger partial charge in [-0.05, 0) is 49.2 Å². The Bertz CT molecular complexity index is 1150. The van der Waals surface area contributed by atoms with Gasteiger partial charge in [-0.3, -0.25) is 9.59 Å². The van der Waals surface area contributed by atoms with E-state index in [0.717, 1.165) is 23.3 Å². The van der Waals surface area contributed by atoms with Crippen LogP contribution >= 0.6 is 0 Å². The number of hydrogen-bond donors (Lipinski definition) is 1. The molecule has 0 fully saturated rings. The number of nitrogens with zero attached hydrogens (tertiary/aromatic N) is 1. The van der Waals surface area contributed by atoms with E-state index in [1.165, 1.54) is 0 Å². The third-order valence-electron chi connectivity index (χ3n) is 5.33. The van der Waals surface area contributed by atoms with Gasteiger partial charge in [-0.25, -0.2) is 8.78 Å². The van der Waals surface area contributed by atoms with Crippen molar-refractivity contribution in [2.45, 2.75) is 26.0 Å². The summed E-state index contributed by atoms with van der Waals surface area (Å²) in [5.74, 6) is -1.94. The lowest BCUT2D eigenvalue weighted by Gasteiger charge is -2.22. The molecule has 1 atom stereocenters. The first kappa shape index (κ1) is 21.5. The third kappa shape index (κ3) is 4.77. The van der Waals surface area contributed by atoms with Gasteiger partial charge in [0.1, 0.15) is 17.4 Å². The average Bonchev–Trinajstić information content (AvgIpc) is 2.89. The Hall–Kier alpha value is -3.74. The maximum atomic E-state index is 13.9. The van der Waals surface area contributed by atoms with Crippen molar-refractivity contribution in [1.82, 2.24) is 4.90 Å². The molecule has 1 aliphatic rings. The molecule has 1 heterocycles. The zero-order chi connectivity index (χ0) is 22.7. The first-order valence-corrected chi connectivity index (χ1v) is 10.3. The molecule has 7 heteroatoms. The summed E-state index contributed by atoms with van der Waals surface area (Å²) in [6.45, 7) is 2.55. The first-order chi connectivity index (χ1) is 15.4. The molecule has 164 valence electrons. The molecule has 32 heavy (non-hydrogen) atoms. The smallest absolute Gasteiger partial charge is 0.263 e. The van der Waals surface area contributed by atoms with Crippen molar-refractivity contribution >= 4 is 17.5 Å². The van der Waals surface area contributed by atoms with Gasteiger partial charge in [0.2, 0.25) is 0 Å². The van der Waals surface area contributed by atoms with Crippen molar-refractivity contribution in [1.29, 1.82) is 0 Å². The van der Waals surface area contributed by atoms with Crippen LogP contribution in [0.25, 0.3) is 0 Å². The first-order valence-electron chi connectivity index (χ1n) is 10.3. The predicted octanol–water partition coefficient (Wildman–Crippen LogP) is 4.57. The second-order valence-corrected chi connectivity index (χ2v) is 7.66. The highest BCUT2D eigenvalue weighted by molar-refractivity contribution is 6.04.